The van der Waals surface area contributed by atoms with Crippen LogP contribution in [0.2, 0.25) is 0 Å². The SMILES string of the molecule is CCc1ccc(C(NC)c2ccc(OC)c(Br)c2)o1. The first-order valence-electron chi connectivity index (χ1n) is 6.29. The van der Waals surface area contributed by atoms with E-state index >= 15 is 0 Å². The molecule has 0 fully saturated rings. The molecule has 0 saturated heterocycles. The molecule has 0 bridgehead atoms. The average molecular weight is 324 g/mol. The minimum Gasteiger partial charge on any atom is -0.496 e. The van der Waals surface area contributed by atoms with Crippen LogP contribution in [0.25, 0.3) is 0 Å². The van der Waals surface area contributed by atoms with Gasteiger partial charge in [-0.05, 0) is 52.8 Å². The second kappa shape index (κ2) is 6.26. The molecule has 1 aromatic carbocycles. The summed E-state index contributed by atoms with van der Waals surface area (Å²) in [5, 5.41) is 3.28. The number of furan rings is 1. The van der Waals surface area contributed by atoms with Crippen molar-refractivity contribution in [2.75, 3.05) is 14.2 Å². The van der Waals surface area contributed by atoms with Crippen molar-refractivity contribution < 1.29 is 9.15 Å². The third-order valence-corrected chi connectivity index (χ3v) is 3.73. The molecule has 1 atom stereocenters. The summed E-state index contributed by atoms with van der Waals surface area (Å²) in [6.07, 6.45) is 0.905. The number of hydrogen-bond acceptors (Lipinski definition) is 3. The largest absolute Gasteiger partial charge is 0.496 e. The maximum Gasteiger partial charge on any atom is 0.133 e. The predicted octanol–water partition coefficient (Wildman–Crippen LogP) is 3.92. The normalized spacial score (nSPS) is 12.4. The van der Waals surface area contributed by atoms with Crippen LogP contribution in [0.5, 0.6) is 5.75 Å². The van der Waals surface area contributed by atoms with Gasteiger partial charge in [0.1, 0.15) is 17.3 Å². The molecule has 2 rings (SSSR count). The molecule has 1 heterocycles. The molecule has 3 nitrogen and oxygen atoms in total. The molecule has 1 aromatic heterocycles. The lowest BCUT2D eigenvalue weighted by Crippen LogP contribution is -2.17. The van der Waals surface area contributed by atoms with E-state index in [0.29, 0.717) is 0 Å². The van der Waals surface area contributed by atoms with Crippen LogP contribution < -0.4 is 10.1 Å². The second-order valence-electron chi connectivity index (χ2n) is 4.27. The molecule has 1 N–H and O–H groups in total. The first kappa shape index (κ1) is 14.2. The second-order valence-corrected chi connectivity index (χ2v) is 5.13. The Morgan fingerprint density at radius 2 is 2.11 bits per heavy atom. The van der Waals surface area contributed by atoms with Crippen LogP contribution in [-0.4, -0.2) is 14.2 Å². The third kappa shape index (κ3) is 3.01. The molecule has 19 heavy (non-hydrogen) atoms. The van der Waals surface area contributed by atoms with Gasteiger partial charge in [-0.3, -0.25) is 0 Å². The molecule has 4 heteroatoms. The van der Waals surface area contributed by atoms with Crippen molar-refractivity contribution in [2.45, 2.75) is 19.4 Å². The highest BCUT2D eigenvalue weighted by Crippen LogP contribution is 2.31. The van der Waals surface area contributed by atoms with E-state index in [1.807, 2.05) is 37.4 Å². The van der Waals surface area contributed by atoms with Crippen LogP contribution in [0.4, 0.5) is 0 Å². The number of nitrogens with one attached hydrogen (secondary N) is 1. The van der Waals surface area contributed by atoms with E-state index < -0.39 is 0 Å². The number of methoxy groups -OCH3 is 1. The Kier molecular flexibility index (Phi) is 4.66. The van der Waals surface area contributed by atoms with Gasteiger partial charge in [-0.15, -0.1) is 0 Å². The van der Waals surface area contributed by atoms with Crippen LogP contribution in [-0.2, 0) is 6.42 Å². The van der Waals surface area contributed by atoms with E-state index in [1.54, 1.807) is 7.11 Å². The van der Waals surface area contributed by atoms with Crippen LogP contribution in [0.3, 0.4) is 0 Å². The summed E-state index contributed by atoms with van der Waals surface area (Å²) in [6.45, 7) is 2.08. The van der Waals surface area contributed by atoms with Crippen LogP contribution in [0.1, 0.15) is 30.0 Å². The molecule has 2 aromatic rings. The third-order valence-electron chi connectivity index (χ3n) is 3.11. The van der Waals surface area contributed by atoms with Crippen molar-refractivity contribution in [1.29, 1.82) is 0 Å². The lowest BCUT2D eigenvalue weighted by Gasteiger charge is -2.15. The minimum atomic E-state index is 0.0440. The summed E-state index contributed by atoms with van der Waals surface area (Å²) in [5.74, 6) is 2.76. The Morgan fingerprint density at radius 1 is 1.32 bits per heavy atom. The lowest BCUT2D eigenvalue weighted by atomic mass is 10.0. The maximum atomic E-state index is 5.83. The molecule has 0 amide bonds. The Balaban J connectivity index is 2.33. The standard InChI is InChI=1S/C15H18BrNO2/c1-4-11-6-8-14(19-11)15(17-2)10-5-7-13(18-3)12(16)9-10/h5-9,15,17H,4H2,1-3H3. The summed E-state index contributed by atoms with van der Waals surface area (Å²) < 4.78 is 12.0. The average Bonchev–Trinajstić information content (AvgIpc) is 2.88. The molecule has 102 valence electrons. The van der Waals surface area contributed by atoms with E-state index in [4.69, 9.17) is 9.15 Å². The van der Waals surface area contributed by atoms with Crippen molar-refractivity contribution in [3.63, 3.8) is 0 Å². The molecule has 0 aliphatic heterocycles. The molecular formula is C15H18BrNO2. The van der Waals surface area contributed by atoms with Crippen molar-refractivity contribution in [1.82, 2.24) is 5.32 Å². The number of ether oxygens (including phenoxy) is 1. The van der Waals surface area contributed by atoms with Gasteiger partial charge in [0.15, 0.2) is 0 Å². The number of rotatable bonds is 5. The summed E-state index contributed by atoms with van der Waals surface area (Å²) in [5.41, 5.74) is 1.13. The Labute approximate surface area is 122 Å². The van der Waals surface area contributed by atoms with Gasteiger partial charge in [-0.1, -0.05) is 13.0 Å². The zero-order chi connectivity index (χ0) is 13.8. The van der Waals surface area contributed by atoms with E-state index in [0.717, 1.165) is 33.7 Å². The van der Waals surface area contributed by atoms with E-state index in [2.05, 4.69) is 28.2 Å². The molecule has 0 saturated carbocycles. The van der Waals surface area contributed by atoms with E-state index in [1.165, 1.54) is 0 Å². The molecule has 0 radical (unpaired) electrons. The highest BCUT2D eigenvalue weighted by atomic mass is 79.9. The van der Waals surface area contributed by atoms with Gasteiger partial charge in [-0.25, -0.2) is 0 Å². The van der Waals surface area contributed by atoms with Gasteiger partial charge in [0.05, 0.1) is 17.6 Å². The van der Waals surface area contributed by atoms with Crippen LogP contribution >= 0.6 is 15.9 Å². The van der Waals surface area contributed by atoms with Crippen LogP contribution in [0.15, 0.2) is 39.2 Å². The fourth-order valence-electron chi connectivity index (χ4n) is 2.08. The molecule has 0 aliphatic rings. The van der Waals surface area contributed by atoms with Crippen molar-refractivity contribution >= 4 is 15.9 Å². The van der Waals surface area contributed by atoms with Crippen molar-refractivity contribution in [2.24, 2.45) is 0 Å². The zero-order valence-corrected chi connectivity index (χ0v) is 13.0. The number of aryl methyl sites for hydroxylation is 1. The zero-order valence-electron chi connectivity index (χ0n) is 11.4. The van der Waals surface area contributed by atoms with Crippen molar-refractivity contribution in [3.8, 4) is 5.75 Å². The minimum absolute atomic E-state index is 0.0440. The van der Waals surface area contributed by atoms with Crippen LogP contribution in [0, 0.1) is 0 Å². The molecular weight excluding hydrogens is 306 g/mol. The number of benzene rings is 1. The first-order valence-corrected chi connectivity index (χ1v) is 7.08. The molecule has 1 unspecified atom stereocenters. The Bertz CT molecular complexity index is 551. The lowest BCUT2D eigenvalue weighted by molar-refractivity contribution is 0.410. The summed E-state index contributed by atoms with van der Waals surface area (Å²) in [6, 6.07) is 10.1. The summed E-state index contributed by atoms with van der Waals surface area (Å²) >= 11 is 3.51. The van der Waals surface area contributed by atoms with Gasteiger partial charge < -0.3 is 14.5 Å². The van der Waals surface area contributed by atoms with Gasteiger partial charge in [0, 0.05) is 6.42 Å². The van der Waals surface area contributed by atoms with Crippen molar-refractivity contribution in [3.05, 3.63) is 51.9 Å². The van der Waals surface area contributed by atoms with E-state index in [9.17, 15) is 0 Å². The molecule has 0 aliphatic carbocycles. The highest BCUT2D eigenvalue weighted by molar-refractivity contribution is 9.10. The van der Waals surface area contributed by atoms with Gasteiger partial charge in [0.2, 0.25) is 0 Å². The van der Waals surface area contributed by atoms with E-state index in [-0.39, 0.29) is 6.04 Å². The fraction of sp³-hybridized carbons (Fsp3) is 0.333. The highest BCUT2D eigenvalue weighted by Gasteiger charge is 2.17. The summed E-state index contributed by atoms with van der Waals surface area (Å²) in [4.78, 5) is 0. The summed E-state index contributed by atoms with van der Waals surface area (Å²) in [7, 11) is 3.59. The number of hydrogen-bond donors (Lipinski definition) is 1. The monoisotopic (exact) mass is 323 g/mol. The van der Waals surface area contributed by atoms with Gasteiger partial charge in [0.25, 0.3) is 0 Å². The maximum absolute atomic E-state index is 5.83. The van der Waals surface area contributed by atoms with Gasteiger partial charge >= 0.3 is 0 Å². The van der Waals surface area contributed by atoms with Gasteiger partial charge in [-0.2, -0.15) is 0 Å². The Morgan fingerprint density at radius 3 is 2.63 bits per heavy atom. The quantitative estimate of drug-likeness (QED) is 0.905. The predicted molar refractivity (Wildman–Crippen MR) is 79.7 cm³/mol. The number of halogens is 1. The Hall–Kier alpha value is -1.26. The fourth-order valence-corrected chi connectivity index (χ4v) is 2.63. The topological polar surface area (TPSA) is 34.4 Å². The smallest absolute Gasteiger partial charge is 0.133 e. The first-order chi connectivity index (χ1) is 9.19. The molecule has 0 spiro atoms.